The molecule has 0 amide bonds. The third kappa shape index (κ3) is 6.60. The molecule has 0 saturated carbocycles. The van der Waals surface area contributed by atoms with Gasteiger partial charge in [-0.15, -0.1) is 24.0 Å². The van der Waals surface area contributed by atoms with Crippen LogP contribution >= 0.6 is 24.0 Å². The zero-order valence-corrected chi connectivity index (χ0v) is 16.2. The fourth-order valence-electron chi connectivity index (χ4n) is 2.52. The summed E-state index contributed by atoms with van der Waals surface area (Å²) in [6, 6.07) is 5.96. The molecule has 1 aliphatic heterocycles. The molecule has 6 nitrogen and oxygen atoms in total. The number of halogens is 1. The number of nitrogens with zero attached hydrogens (tertiary/aromatic N) is 2. The van der Waals surface area contributed by atoms with Gasteiger partial charge in [-0.05, 0) is 12.1 Å². The quantitative estimate of drug-likeness (QED) is 0.405. The summed E-state index contributed by atoms with van der Waals surface area (Å²) >= 11 is 0. The van der Waals surface area contributed by atoms with Gasteiger partial charge in [0.25, 0.3) is 0 Å². The van der Waals surface area contributed by atoms with E-state index in [9.17, 15) is 0 Å². The number of methoxy groups -OCH3 is 1. The van der Waals surface area contributed by atoms with E-state index in [4.69, 9.17) is 9.47 Å². The van der Waals surface area contributed by atoms with Crippen molar-refractivity contribution >= 4 is 29.9 Å². The molecule has 0 aliphatic carbocycles. The number of pyridine rings is 1. The summed E-state index contributed by atoms with van der Waals surface area (Å²) in [5, 5.41) is 6.67. The van der Waals surface area contributed by atoms with Gasteiger partial charge in [0.1, 0.15) is 0 Å². The van der Waals surface area contributed by atoms with E-state index >= 15 is 0 Å². The lowest BCUT2D eigenvalue weighted by Gasteiger charge is -2.36. The van der Waals surface area contributed by atoms with E-state index < -0.39 is 0 Å². The number of aliphatic imine (C=N–C) groups is 1. The average Bonchev–Trinajstić information content (AvgIpc) is 2.59. The second kappa shape index (κ2) is 10.8. The SMILES string of the molecule is CN=C(NCCc1ccccn1)NCC1(OC)CCOCC1.I. The Hall–Kier alpha value is -0.930. The Labute approximate surface area is 155 Å². The van der Waals surface area contributed by atoms with Crippen molar-refractivity contribution in [3.63, 3.8) is 0 Å². The summed E-state index contributed by atoms with van der Waals surface area (Å²) in [6.45, 7) is 3.03. The maximum absolute atomic E-state index is 5.71. The molecule has 0 unspecified atom stereocenters. The lowest BCUT2D eigenvalue weighted by Crippen LogP contribution is -2.51. The van der Waals surface area contributed by atoms with Crippen molar-refractivity contribution in [1.29, 1.82) is 0 Å². The molecule has 0 aromatic carbocycles. The van der Waals surface area contributed by atoms with Crippen LogP contribution in [0.25, 0.3) is 0 Å². The van der Waals surface area contributed by atoms with Crippen molar-refractivity contribution in [2.75, 3.05) is 40.5 Å². The lowest BCUT2D eigenvalue weighted by atomic mass is 9.94. The maximum atomic E-state index is 5.71. The van der Waals surface area contributed by atoms with Gasteiger partial charge in [-0.3, -0.25) is 9.98 Å². The minimum Gasteiger partial charge on any atom is -0.381 e. The summed E-state index contributed by atoms with van der Waals surface area (Å²) in [7, 11) is 3.55. The lowest BCUT2D eigenvalue weighted by molar-refractivity contribution is -0.0855. The first kappa shape index (κ1) is 20.1. The van der Waals surface area contributed by atoms with Gasteiger partial charge in [-0.1, -0.05) is 6.07 Å². The molecule has 0 atom stereocenters. The molecule has 0 spiro atoms. The predicted molar refractivity (Wildman–Crippen MR) is 103 cm³/mol. The Morgan fingerprint density at radius 2 is 2.13 bits per heavy atom. The molecule has 2 heterocycles. The van der Waals surface area contributed by atoms with Crippen LogP contribution in [-0.4, -0.2) is 57.0 Å². The van der Waals surface area contributed by atoms with Crippen molar-refractivity contribution in [3.05, 3.63) is 30.1 Å². The number of guanidine groups is 1. The molecule has 23 heavy (non-hydrogen) atoms. The van der Waals surface area contributed by atoms with Gasteiger partial charge in [0.2, 0.25) is 0 Å². The van der Waals surface area contributed by atoms with E-state index in [1.54, 1.807) is 14.2 Å². The second-order valence-electron chi connectivity index (χ2n) is 5.42. The average molecular weight is 434 g/mol. The highest BCUT2D eigenvalue weighted by atomic mass is 127. The third-order valence-corrected chi connectivity index (χ3v) is 4.04. The van der Waals surface area contributed by atoms with Gasteiger partial charge in [0.05, 0.1) is 5.60 Å². The molecular formula is C16H27IN4O2. The second-order valence-corrected chi connectivity index (χ2v) is 5.42. The minimum absolute atomic E-state index is 0. The Kier molecular flexibility index (Phi) is 9.42. The number of ether oxygens (including phenoxy) is 2. The number of nitrogens with one attached hydrogen (secondary N) is 2. The highest BCUT2D eigenvalue weighted by Crippen LogP contribution is 2.23. The molecule has 1 saturated heterocycles. The van der Waals surface area contributed by atoms with E-state index in [2.05, 4.69) is 20.6 Å². The van der Waals surface area contributed by atoms with Gasteiger partial charge in [0.15, 0.2) is 5.96 Å². The zero-order valence-electron chi connectivity index (χ0n) is 13.9. The Morgan fingerprint density at radius 1 is 1.35 bits per heavy atom. The fraction of sp³-hybridized carbons (Fsp3) is 0.625. The standard InChI is InChI=1S/C16H26N4O2.HI/c1-17-15(19-10-6-14-5-3-4-9-18-14)20-13-16(21-2)7-11-22-12-8-16;/h3-5,9H,6-8,10-13H2,1-2H3,(H2,17,19,20);1H. The van der Waals surface area contributed by atoms with Crippen molar-refractivity contribution < 1.29 is 9.47 Å². The van der Waals surface area contributed by atoms with Crippen LogP contribution in [0.2, 0.25) is 0 Å². The van der Waals surface area contributed by atoms with E-state index in [0.717, 1.165) is 57.2 Å². The molecule has 1 aromatic heterocycles. The zero-order chi connectivity index (χ0) is 15.7. The van der Waals surface area contributed by atoms with Gasteiger partial charge >= 0.3 is 0 Å². The molecule has 130 valence electrons. The first-order valence-corrected chi connectivity index (χ1v) is 7.75. The Morgan fingerprint density at radius 3 is 2.74 bits per heavy atom. The molecule has 1 fully saturated rings. The topological polar surface area (TPSA) is 67.8 Å². The largest absolute Gasteiger partial charge is 0.381 e. The summed E-state index contributed by atoms with van der Waals surface area (Å²) in [5.41, 5.74) is 0.917. The van der Waals surface area contributed by atoms with Crippen LogP contribution in [0.1, 0.15) is 18.5 Å². The van der Waals surface area contributed by atoms with E-state index in [1.165, 1.54) is 0 Å². The first-order valence-electron chi connectivity index (χ1n) is 7.75. The molecule has 2 N–H and O–H groups in total. The van der Waals surface area contributed by atoms with Gasteiger partial charge in [-0.25, -0.2) is 0 Å². The Bertz CT molecular complexity index is 464. The van der Waals surface area contributed by atoms with Crippen molar-refractivity contribution in [3.8, 4) is 0 Å². The van der Waals surface area contributed by atoms with Crippen LogP contribution in [0.5, 0.6) is 0 Å². The van der Waals surface area contributed by atoms with Gasteiger partial charge in [-0.2, -0.15) is 0 Å². The van der Waals surface area contributed by atoms with Crippen molar-refractivity contribution in [2.24, 2.45) is 4.99 Å². The van der Waals surface area contributed by atoms with Gasteiger partial charge in [0, 0.05) is 71.6 Å². The van der Waals surface area contributed by atoms with E-state index in [1.807, 2.05) is 24.4 Å². The monoisotopic (exact) mass is 434 g/mol. The number of aromatic nitrogens is 1. The number of rotatable bonds is 6. The van der Waals surface area contributed by atoms with E-state index in [-0.39, 0.29) is 29.6 Å². The summed E-state index contributed by atoms with van der Waals surface area (Å²) in [4.78, 5) is 8.57. The number of hydrogen-bond donors (Lipinski definition) is 2. The minimum atomic E-state index is -0.156. The number of hydrogen-bond acceptors (Lipinski definition) is 4. The van der Waals surface area contributed by atoms with Crippen LogP contribution < -0.4 is 10.6 Å². The highest BCUT2D eigenvalue weighted by molar-refractivity contribution is 14.0. The predicted octanol–water partition coefficient (Wildman–Crippen LogP) is 1.60. The van der Waals surface area contributed by atoms with Gasteiger partial charge < -0.3 is 20.1 Å². The molecule has 0 radical (unpaired) electrons. The maximum Gasteiger partial charge on any atom is 0.191 e. The first-order chi connectivity index (χ1) is 10.8. The summed E-state index contributed by atoms with van der Waals surface area (Å²) in [6.07, 6.45) is 4.49. The molecule has 7 heteroatoms. The smallest absolute Gasteiger partial charge is 0.191 e. The fourth-order valence-corrected chi connectivity index (χ4v) is 2.52. The van der Waals surface area contributed by atoms with Crippen LogP contribution in [0.15, 0.2) is 29.4 Å². The molecular weight excluding hydrogens is 407 g/mol. The molecule has 1 aliphatic rings. The van der Waals surface area contributed by atoms with Crippen LogP contribution in [-0.2, 0) is 15.9 Å². The molecule has 0 bridgehead atoms. The third-order valence-electron chi connectivity index (χ3n) is 4.04. The van der Waals surface area contributed by atoms with Crippen molar-refractivity contribution in [1.82, 2.24) is 15.6 Å². The summed E-state index contributed by atoms with van der Waals surface area (Å²) in [5.74, 6) is 0.791. The Balaban J connectivity index is 0.00000264. The molecule has 2 rings (SSSR count). The van der Waals surface area contributed by atoms with E-state index in [0.29, 0.717) is 0 Å². The van der Waals surface area contributed by atoms with Crippen molar-refractivity contribution in [2.45, 2.75) is 24.9 Å². The van der Waals surface area contributed by atoms with Crippen LogP contribution in [0, 0.1) is 0 Å². The van der Waals surface area contributed by atoms with Crippen LogP contribution in [0.3, 0.4) is 0 Å². The summed E-state index contributed by atoms with van der Waals surface area (Å²) < 4.78 is 11.1. The molecule has 1 aromatic rings. The van der Waals surface area contributed by atoms with Crippen LogP contribution in [0.4, 0.5) is 0 Å². The highest BCUT2D eigenvalue weighted by Gasteiger charge is 2.32. The normalized spacial score (nSPS) is 17.2.